The Balaban J connectivity index is 1.91. The molecular formula is C24H22N2O4. The van der Waals surface area contributed by atoms with E-state index in [2.05, 4.69) is 5.16 Å². The lowest BCUT2D eigenvalue weighted by atomic mass is 9.97. The molecule has 0 saturated carbocycles. The van der Waals surface area contributed by atoms with E-state index in [1.54, 1.807) is 30.3 Å². The van der Waals surface area contributed by atoms with Gasteiger partial charge in [-0.2, -0.15) is 0 Å². The zero-order valence-electron chi connectivity index (χ0n) is 17.1. The number of aryl methyl sites for hydroxylation is 3. The molecule has 3 rings (SSSR count). The second-order valence-corrected chi connectivity index (χ2v) is 7.20. The van der Waals surface area contributed by atoms with Crippen molar-refractivity contribution in [3.63, 3.8) is 0 Å². The summed E-state index contributed by atoms with van der Waals surface area (Å²) in [5, 5.41) is 15.1. The molecule has 0 atom stereocenters. The van der Waals surface area contributed by atoms with Crippen LogP contribution in [0.5, 0.6) is 0 Å². The van der Waals surface area contributed by atoms with Gasteiger partial charge in [0.1, 0.15) is 0 Å². The van der Waals surface area contributed by atoms with Crippen LogP contribution >= 0.6 is 0 Å². The van der Waals surface area contributed by atoms with E-state index in [-0.39, 0.29) is 5.69 Å². The molecule has 0 aliphatic rings. The summed E-state index contributed by atoms with van der Waals surface area (Å²) >= 11 is 0. The van der Waals surface area contributed by atoms with E-state index in [0.717, 1.165) is 27.8 Å². The molecule has 0 aliphatic heterocycles. The van der Waals surface area contributed by atoms with E-state index in [9.17, 15) is 14.9 Å². The molecule has 0 bridgehead atoms. The third-order valence-electron chi connectivity index (χ3n) is 4.70. The lowest BCUT2D eigenvalue weighted by Crippen LogP contribution is -2.11. The van der Waals surface area contributed by atoms with Crippen LogP contribution in [0.1, 0.15) is 38.2 Å². The summed E-state index contributed by atoms with van der Waals surface area (Å²) < 4.78 is 0. The fourth-order valence-corrected chi connectivity index (χ4v) is 3.16. The minimum atomic E-state index is -0.537. The van der Waals surface area contributed by atoms with Gasteiger partial charge in [0.2, 0.25) is 0 Å². The van der Waals surface area contributed by atoms with Crippen LogP contribution in [0.3, 0.4) is 0 Å². The molecule has 0 saturated heterocycles. The molecular weight excluding hydrogens is 380 g/mol. The number of rotatable bonds is 6. The molecule has 3 aromatic rings. The van der Waals surface area contributed by atoms with Gasteiger partial charge in [-0.05, 0) is 44.0 Å². The molecule has 152 valence electrons. The molecule has 0 aliphatic carbocycles. The molecule has 6 nitrogen and oxygen atoms in total. The van der Waals surface area contributed by atoms with Gasteiger partial charge in [-0.1, -0.05) is 58.7 Å². The summed E-state index contributed by atoms with van der Waals surface area (Å²) in [7, 11) is 0. The first kappa shape index (κ1) is 20.9. The molecule has 0 amide bonds. The fraction of sp³-hybridized carbons (Fsp3) is 0.167. The third-order valence-corrected chi connectivity index (χ3v) is 4.70. The lowest BCUT2D eigenvalue weighted by molar-refractivity contribution is -0.384. The van der Waals surface area contributed by atoms with Crippen molar-refractivity contribution < 1.29 is 14.6 Å². The zero-order valence-corrected chi connectivity index (χ0v) is 17.1. The second kappa shape index (κ2) is 9.13. The molecule has 0 unspecified atom stereocenters. The van der Waals surface area contributed by atoms with Gasteiger partial charge in [0.25, 0.3) is 5.69 Å². The number of nitro groups is 1. The van der Waals surface area contributed by atoms with Gasteiger partial charge in [-0.3, -0.25) is 10.1 Å². The van der Waals surface area contributed by atoms with Crippen LogP contribution in [0.15, 0.2) is 71.9 Å². The first-order valence-corrected chi connectivity index (χ1v) is 9.49. The van der Waals surface area contributed by atoms with Gasteiger partial charge in [-0.25, -0.2) is 4.79 Å². The van der Waals surface area contributed by atoms with E-state index in [1.165, 1.54) is 12.1 Å². The number of hydrogen-bond donors (Lipinski definition) is 0. The standard InChI is InChI=1S/C24H22N2O4/c1-16-5-4-6-20(14-16)24(27)30-25-23(22-12-7-17(2)13-18(22)3)15-19-8-10-21(11-9-19)26(28)29/h4-14H,15H2,1-3H3/b25-23+. The normalized spacial score (nSPS) is 11.2. The molecule has 0 aromatic heterocycles. The largest absolute Gasteiger partial charge is 0.365 e. The average Bonchev–Trinajstić information content (AvgIpc) is 2.71. The summed E-state index contributed by atoms with van der Waals surface area (Å²) in [6, 6.07) is 19.3. The summed E-state index contributed by atoms with van der Waals surface area (Å²) in [5.41, 5.74) is 5.77. The fourth-order valence-electron chi connectivity index (χ4n) is 3.16. The monoisotopic (exact) mass is 402 g/mol. The second-order valence-electron chi connectivity index (χ2n) is 7.20. The van der Waals surface area contributed by atoms with Crippen LogP contribution < -0.4 is 0 Å². The van der Waals surface area contributed by atoms with Crippen molar-refractivity contribution in [3.05, 3.63) is 110 Å². The minimum Gasteiger partial charge on any atom is -0.313 e. The minimum absolute atomic E-state index is 0.0228. The van der Waals surface area contributed by atoms with Gasteiger partial charge in [0, 0.05) is 24.1 Å². The highest BCUT2D eigenvalue weighted by Gasteiger charge is 2.14. The Labute approximate surface area is 175 Å². The average molecular weight is 402 g/mol. The Morgan fingerprint density at radius 2 is 1.67 bits per heavy atom. The molecule has 0 N–H and O–H groups in total. The molecule has 6 heteroatoms. The number of carbonyl (C=O) groups is 1. The third kappa shape index (κ3) is 5.17. The first-order valence-electron chi connectivity index (χ1n) is 9.49. The predicted molar refractivity (Wildman–Crippen MR) is 116 cm³/mol. The van der Waals surface area contributed by atoms with Crippen molar-refractivity contribution in [2.75, 3.05) is 0 Å². The van der Waals surface area contributed by atoms with Crippen LogP contribution in [-0.4, -0.2) is 16.6 Å². The van der Waals surface area contributed by atoms with E-state index < -0.39 is 10.9 Å². The van der Waals surface area contributed by atoms with Crippen LogP contribution in [-0.2, 0) is 11.3 Å². The molecule has 0 fully saturated rings. The van der Waals surface area contributed by atoms with Gasteiger partial charge in [0.15, 0.2) is 0 Å². The number of non-ortho nitro benzene ring substituents is 1. The number of benzene rings is 3. The lowest BCUT2D eigenvalue weighted by Gasteiger charge is -2.11. The molecule has 0 heterocycles. The van der Waals surface area contributed by atoms with Crippen molar-refractivity contribution in [3.8, 4) is 0 Å². The van der Waals surface area contributed by atoms with Crippen molar-refractivity contribution in [2.24, 2.45) is 5.16 Å². The highest BCUT2D eigenvalue weighted by molar-refractivity contribution is 6.03. The Kier molecular flexibility index (Phi) is 6.37. The maximum atomic E-state index is 12.4. The maximum absolute atomic E-state index is 12.4. The van der Waals surface area contributed by atoms with E-state index in [0.29, 0.717) is 17.7 Å². The number of carbonyl (C=O) groups excluding carboxylic acids is 1. The SMILES string of the molecule is Cc1cccc(C(=O)O/N=C(\Cc2ccc([N+](=O)[O-])cc2)c2ccc(C)cc2C)c1. The number of nitro benzene ring substituents is 1. The number of hydrogen-bond acceptors (Lipinski definition) is 5. The summed E-state index contributed by atoms with van der Waals surface area (Å²) in [6.45, 7) is 5.87. The Hall–Kier alpha value is -3.80. The highest BCUT2D eigenvalue weighted by Crippen LogP contribution is 2.18. The summed E-state index contributed by atoms with van der Waals surface area (Å²) in [4.78, 5) is 28.2. The van der Waals surface area contributed by atoms with Crippen LogP contribution in [0.25, 0.3) is 0 Å². The van der Waals surface area contributed by atoms with Crippen LogP contribution in [0.4, 0.5) is 5.69 Å². The molecule has 30 heavy (non-hydrogen) atoms. The first-order chi connectivity index (χ1) is 14.3. The smallest absolute Gasteiger partial charge is 0.313 e. The molecule has 0 spiro atoms. The van der Waals surface area contributed by atoms with Gasteiger partial charge < -0.3 is 4.84 Å². The van der Waals surface area contributed by atoms with Crippen molar-refractivity contribution >= 4 is 17.4 Å². The quantitative estimate of drug-likeness (QED) is 0.242. The van der Waals surface area contributed by atoms with E-state index in [1.807, 2.05) is 45.0 Å². The van der Waals surface area contributed by atoms with E-state index >= 15 is 0 Å². The summed E-state index contributed by atoms with van der Waals surface area (Å²) in [5.74, 6) is -0.537. The maximum Gasteiger partial charge on any atom is 0.365 e. The van der Waals surface area contributed by atoms with Crippen LogP contribution in [0.2, 0.25) is 0 Å². The van der Waals surface area contributed by atoms with E-state index in [4.69, 9.17) is 4.84 Å². The summed E-state index contributed by atoms with van der Waals surface area (Å²) in [6.07, 6.45) is 0.364. The molecule has 3 aromatic carbocycles. The Morgan fingerprint density at radius 1 is 0.967 bits per heavy atom. The zero-order chi connectivity index (χ0) is 21.7. The Morgan fingerprint density at radius 3 is 2.30 bits per heavy atom. The van der Waals surface area contributed by atoms with Crippen molar-refractivity contribution in [2.45, 2.75) is 27.2 Å². The molecule has 0 radical (unpaired) electrons. The van der Waals surface area contributed by atoms with Crippen molar-refractivity contribution in [1.29, 1.82) is 0 Å². The van der Waals surface area contributed by atoms with Gasteiger partial charge >= 0.3 is 5.97 Å². The van der Waals surface area contributed by atoms with Gasteiger partial charge in [-0.15, -0.1) is 0 Å². The Bertz CT molecular complexity index is 1120. The highest BCUT2D eigenvalue weighted by atomic mass is 16.7. The van der Waals surface area contributed by atoms with Crippen molar-refractivity contribution in [1.82, 2.24) is 0 Å². The number of oxime groups is 1. The predicted octanol–water partition coefficient (Wildman–Crippen LogP) is 5.32. The number of nitrogens with zero attached hydrogens (tertiary/aromatic N) is 2. The topological polar surface area (TPSA) is 81.8 Å². The van der Waals surface area contributed by atoms with Crippen LogP contribution in [0, 0.1) is 30.9 Å². The van der Waals surface area contributed by atoms with Gasteiger partial charge in [0.05, 0.1) is 16.2 Å².